The fraction of sp³-hybridized carbons (Fsp3) is 0.417. The normalized spacial score (nSPS) is 18.4. The third-order valence-electron chi connectivity index (χ3n) is 2.90. The summed E-state index contributed by atoms with van der Waals surface area (Å²) >= 11 is 0. The summed E-state index contributed by atoms with van der Waals surface area (Å²) in [5, 5.41) is 11.9. The second-order valence-electron chi connectivity index (χ2n) is 5.10. The van der Waals surface area contributed by atoms with Crippen LogP contribution in [0.2, 0.25) is 0 Å². The fourth-order valence-corrected chi connectivity index (χ4v) is 3.73. The number of sulfonamides is 1. The summed E-state index contributed by atoms with van der Waals surface area (Å²) in [6.07, 6.45) is 0. The van der Waals surface area contributed by atoms with E-state index >= 15 is 0 Å². The van der Waals surface area contributed by atoms with Gasteiger partial charge in [0.05, 0.1) is 5.60 Å². The SMILES string of the molecule is CC(=O)Nc1ccc(S(=O)(=O)N2CC(C)(O)C2)c(F)c1. The lowest BCUT2D eigenvalue weighted by molar-refractivity contribution is -0.114. The molecule has 0 spiro atoms. The van der Waals surface area contributed by atoms with Gasteiger partial charge in [-0.2, -0.15) is 4.31 Å². The van der Waals surface area contributed by atoms with Crippen molar-refractivity contribution < 1.29 is 22.7 Å². The monoisotopic (exact) mass is 302 g/mol. The minimum absolute atomic E-state index is 0.0672. The predicted molar refractivity (Wildman–Crippen MR) is 70.1 cm³/mol. The molecule has 1 amide bonds. The standard InChI is InChI=1S/C12H15FN2O4S/c1-8(16)14-9-3-4-11(10(13)5-9)20(18,19)15-6-12(2,17)7-15/h3-5,17H,6-7H2,1-2H3,(H,14,16). The lowest BCUT2D eigenvalue weighted by atomic mass is 10.0. The van der Waals surface area contributed by atoms with Crippen LogP contribution in [0.3, 0.4) is 0 Å². The molecule has 2 N–H and O–H groups in total. The molecule has 20 heavy (non-hydrogen) atoms. The largest absolute Gasteiger partial charge is 0.387 e. The number of hydrogen-bond donors (Lipinski definition) is 2. The molecule has 0 bridgehead atoms. The van der Waals surface area contributed by atoms with Crippen LogP contribution in [-0.4, -0.2) is 42.4 Å². The first-order valence-corrected chi connectivity index (χ1v) is 7.35. The first-order valence-electron chi connectivity index (χ1n) is 5.91. The summed E-state index contributed by atoms with van der Waals surface area (Å²) in [6, 6.07) is 3.37. The quantitative estimate of drug-likeness (QED) is 0.853. The zero-order valence-electron chi connectivity index (χ0n) is 11.1. The van der Waals surface area contributed by atoms with Crippen molar-refractivity contribution in [2.24, 2.45) is 0 Å². The van der Waals surface area contributed by atoms with Crippen LogP contribution in [0.25, 0.3) is 0 Å². The number of hydrogen-bond acceptors (Lipinski definition) is 4. The lowest BCUT2D eigenvalue weighted by Crippen LogP contribution is -2.61. The minimum atomic E-state index is -3.96. The van der Waals surface area contributed by atoms with Gasteiger partial charge >= 0.3 is 0 Å². The molecule has 110 valence electrons. The van der Waals surface area contributed by atoms with Crippen molar-refractivity contribution in [2.45, 2.75) is 24.3 Å². The third-order valence-corrected chi connectivity index (χ3v) is 4.73. The number of carbonyl (C=O) groups excluding carboxylic acids is 1. The van der Waals surface area contributed by atoms with Gasteiger partial charge in [0.15, 0.2) is 0 Å². The van der Waals surface area contributed by atoms with Crippen molar-refractivity contribution in [3.05, 3.63) is 24.0 Å². The average molecular weight is 302 g/mol. The number of carbonyl (C=O) groups is 1. The van der Waals surface area contributed by atoms with Crippen LogP contribution in [0.5, 0.6) is 0 Å². The highest BCUT2D eigenvalue weighted by Gasteiger charge is 2.44. The third kappa shape index (κ3) is 2.82. The second-order valence-corrected chi connectivity index (χ2v) is 7.00. The maximum Gasteiger partial charge on any atom is 0.246 e. The Morgan fingerprint density at radius 3 is 2.50 bits per heavy atom. The molecular weight excluding hydrogens is 287 g/mol. The fourth-order valence-electron chi connectivity index (χ4n) is 2.01. The summed E-state index contributed by atoms with van der Waals surface area (Å²) in [5.41, 5.74) is -0.885. The molecule has 1 heterocycles. The molecule has 1 fully saturated rings. The Morgan fingerprint density at radius 1 is 1.45 bits per heavy atom. The summed E-state index contributed by atoms with van der Waals surface area (Å²) in [5.74, 6) is -1.32. The van der Waals surface area contributed by atoms with Gasteiger partial charge in [0.1, 0.15) is 10.7 Å². The van der Waals surface area contributed by atoms with Gasteiger partial charge in [0.25, 0.3) is 0 Å². The zero-order chi connectivity index (χ0) is 15.1. The number of nitrogens with one attached hydrogen (secondary N) is 1. The summed E-state index contributed by atoms with van der Waals surface area (Å²) < 4.78 is 39.2. The number of benzene rings is 1. The molecule has 1 aliphatic heterocycles. The minimum Gasteiger partial charge on any atom is -0.387 e. The molecule has 0 radical (unpaired) electrons. The highest BCUT2D eigenvalue weighted by molar-refractivity contribution is 7.89. The van der Waals surface area contributed by atoms with Gasteiger partial charge in [-0.3, -0.25) is 4.79 Å². The molecule has 2 rings (SSSR count). The number of aliphatic hydroxyl groups is 1. The lowest BCUT2D eigenvalue weighted by Gasteiger charge is -2.42. The van der Waals surface area contributed by atoms with Gasteiger partial charge in [0, 0.05) is 25.7 Å². The Labute approximate surface area is 116 Å². The zero-order valence-corrected chi connectivity index (χ0v) is 11.9. The van der Waals surface area contributed by atoms with Gasteiger partial charge in [-0.05, 0) is 25.1 Å². The Morgan fingerprint density at radius 2 is 2.05 bits per heavy atom. The van der Waals surface area contributed by atoms with Crippen molar-refractivity contribution >= 4 is 21.6 Å². The molecule has 8 heteroatoms. The highest BCUT2D eigenvalue weighted by atomic mass is 32.2. The first kappa shape index (κ1) is 14.9. The maximum atomic E-state index is 13.9. The van der Waals surface area contributed by atoms with E-state index < -0.39 is 26.3 Å². The molecule has 1 aromatic carbocycles. The predicted octanol–water partition coefficient (Wildman–Crippen LogP) is 0.539. The molecule has 0 saturated carbocycles. The van der Waals surface area contributed by atoms with Crippen LogP contribution in [-0.2, 0) is 14.8 Å². The van der Waals surface area contributed by atoms with Crippen LogP contribution < -0.4 is 5.32 Å². The van der Waals surface area contributed by atoms with E-state index in [0.717, 1.165) is 16.4 Å². The van der Waals surface area contributed by atoms with Crippen LogP contribution in [0.1, 0.15) is 13.8 Å². The van der Waals surface area contributed by atoms with E-state index in [4.69, 9.17) is 0 Å². The number of nitrogens with zero attached hydrogens (tertiary/aromatic N) is 1. The summed E-state index contributed by atoms with van der Waals surface area (Å²) in [4.78, 5) is 10.4. The van der Waals surface area contributed by atoms with Gasteiger partial charge < -0.3 is 10.4 Å². The van der Waals surface area contributed by atoms with E-state index in [0.29, 0.717) is 0 Å². The molecular formula is C12H15FN2O4S. The van der Waals surface area contributed by atoms with Crippen LogP contribution in [0, 0.1) is 5.82 Å². The summed E-state index contributed by atoms with van der Waals surface area (Å²) in [7, 11) is -3.96. The maximum absolute atomic E-state index is 13.9. The number of halogens is 1. The highest BCUT2D eigenvalue weighted by Crippen LogP contribution is 2.29. The molecule has 1 saturated heterocycles. The van der Waals surface area contributed by atoms with Crippen molar-refractivity contribution in [1.29, 1.82) is 0 Å². The molecule has 0 aromatic heterocycles. The second kappa shape index (κ2) is 4.80. The van der Waals surface area contributed by atoms with E-state index in [1.165, 1.54) is 19.9 Å². The van der Waals surface area contributed by atoms with Crippen molar-refractivity contribution in [3.63, 3.8) is 0 Å². The number of anilines is 1. The van der Waals surface area contributed by atoms with Crippen LogP contribution in [0.15, 0.2) is 23.1 Å². The Hall–Kier alpha value is -1.51. The van der Waals surface area contributed by atoms with E-state index in [1.807, 2.05) is 0 Å². The van der Waals surface area contributed by atoms with Gasteiger partial charge in [-0.15, -0.1) is 0 Å². The van der Waals surface area contributed by atoms with Gasteiger partial charge in [0.2, 0.25) is 15.9 Å². The molecule has 0 atom stereocenters. The Bertz CT molecular complexity index is 649. The number of rotatable bonds is 3. The van der Waals surface area contributed by atoms with Crippen molar-refractivity contribution in [1.82, 2.24) is 4.31 Å². The topological polar surface area (TPSA) is 86.7 Å². The summed E-state index contributed by atoms with van der Waals surface area (Å²) in [6.45, 7) is 2.64. The van der Waals surface area contributed by atoms with E-state index in [-0.39, 0.29) is 24.7 Å². The van der Waals surface area contributed by atoms with Crippen LogP contribution >= 0.6 is 0 Å². The average Bonchev–Trinajstić information content (AvgIpc) is 2.24. The molecule has 0 aliphatic carbocycles. The molecule has 1 aliphatic rings. The number of amides is 1. The van der Waals surface area contributed by atoms with Crippen molar-refractivity contribution in [2.75, 3.05) is 18.4 Å². The first-order chi connectivity index (χ1) is 9.12. The molecule has 1 aromatic rings. The Kier molecular flexibility index (Phi) is 3.57. The van der Waals surface area contributed by atoms with Crippen LogP contribution in [0.4, 0.5) is 10.1 Å². The molecule has 6 nitrogen and oxygen atoms in total. The van der Waals surface area contributed by atoms with Crippen molar-refractivity contribution in [3.8, 4) is 0 Å². The van der Waals surface area contributed by atoms with Gasteiger partial charge in [-0.25, -0.2) is 12.8 Å². The van der Waals surface area contributed by atoms with E-state index in [9.17, 15) is 22.7 Å². The smallest absolute Gasteiger partial charge is 0.246 e. The molecule has 0 unspecified atom stereocenters. The number of β-amino-alcohol motifs (C(OH)–C–C–N with tert-alkyl or cyclic N) is 1. The van der Waals surface area contributed by atoms with E-state index in [1.54, 1.807) is 0 Å². The van der Waals surface area contributed by atoms with Gasteiger partial charge in [-0.1, -0.05) is 0 Å². The van der Waals surface area contributed by atoms with E-state index in [2.05, 4.69) is 5.32 Å². The Balaban J connectivity index is 2.27.